The molecule has 2 aromatic rings. The largest absolute Gasteiger partial charge is 0.496 e. The summed E-state index contributed by atoms with van der Waals surface area (Å²) < 4.78 is 32.0. The van der Waals surface area contributed by atoms with Crippen LogP contribution in [0.3, 0.4) is 0 Å². The van der Waals surface area contributed by atoms with Gasteiger partial charge in [-0.1, -0.05) is 30.0 Å². The topological polar surface area (TPSA) is 75.0 Å². The van der Waals surface area contributed by atoms with E-state index in [9.17, 15) is 18.8 Å². The second-order valence-electron chi connectivity index (χ2n) is 6.17. The minimum absolute atomic E-state index is 0.245. The Bertz CT molecular complexity index is 1100. The van der Waals surface area contributed by atoms with Crippen LogP contribution < -0.4 is 10.1 Å². The average molecular weight is 464 g/mol. The number of nitrogens with one attached hydrogen (secondary N) is 1. The van der Waals surface area contributed by atoms with Crippen molar-refractivity contribution in [3.63, 3.8) is 0 Å². The zero-order valence-corrected chi connectivity index (χ0v) is 18.3. The number of amides is 1. The molecule has 0 spiro atoms. The molecule has 1 aromatic heterocycles. The molecule has 0 unspecified atom stereocenters. The number of benzene rings is 1. The molecule has 1 amide bonds. The van der Waals surface area contributed by atoms with Crippen LogP contribution in [0.1, 0.15) is 34.4 Å². The van der Waals surface area contributed by atoms with E-state index in [1.54, 1.807) is 25.1 Å². The highest BCUT2D eigenvalue weighted by molar-refractivity contribution is 8.26. The van der Waals surface area contributed by atoms with Crippen LogP contribution in [-0.2, 0) is 10.5 Å². The Balaban J connectivity index is 1.90. The molecular weight excluding hydrogens is 448 g/mol. The predicted molar refractivity (Wildman–Crippen MR) is 118 cm³/mol. The molecule has 1 saturated heterocycles. The molecule has 0 aliphatic carbocycles. The van der Waals surface area contributed by atoms with Crippen LogP contribution in [0.5, 0.6) is 5.75 Å². The van der Waals surface area contributed by atoms with Gasteiger partial charge in [0.15, 0.2) is 0 Å². The first-order valence-electron chi connectivity index (χ1n) is 8.56. The summed E-state index contributed by atoms with van der Waals surface area (Å²) in [6, 6.07) is 8.67. The van der Waals surface area contributed by atoms with Crippen molar-refractivity contribution in [2.45, 2.75) is 24.1 Å². The Hall–Kier alpha value is -2.48. The highest BCUT2D eigenvalue weighted by Gasteiger charge is 2.22. The number of halogens is 2. The maximum Gasteiger partial charge on any atom is 0.280 e. The summed E-state index contributed by atoms with van der Waals surface area (Å²) in [5, 5.41) is 12.2. The average Bonchev–Trinajstić information content (AvgIpc) is 3.02. The van der Waals surface area contributed by atoms with Crippen molar-refractivity contribution in [1.29, 1.82) is 5.26 Å². The first-order valence-corrected chi connectivity index (χ1v) is 10.8. The highest BCUT2D eigenvalue weighted by Crippen LogP contribution is 2.33. The molecule has 1 N–H and O–H groups in total. The number of alkyl halides is 2. The predicted octanol–water partition coefficient (Wildman–Crippen LogP) is 4.99. The van der Waals surface area contributed by atoms with E-state index in [0.717, 1.165) is 11.1 Å². The van der Waals surface area contributed by atoms with Crippen LogP contribution in [0.2, 0.25) is 0 Å². The summed E-state index contributed by atoms with van der Waals surface area (Å²) in [6.45, 7) is 1.61. The molecule has 5 nitrogen and oxygen atoms in total. The molecule has 0 saturated carbocycles. The van der Waals surface area contributed by atoms with E-state index in [-0.39, 0.29) is 22.2 Å². The van der Waals surface area contributed by atoms with Crippen molar-refractivity contribution in [1.82, 2.24) is 10.3 Å². The Morgan fingerprint density at radius 3 is 2.80 bits per heavy atom. The molecule has 2 heterocycles. The highest BCUT2D eigenvalue weighted by atomic mass is 32.2. The molecule has 0 bridgehead atoms. The van der Waals surface area contributed by atoms with Gasteiger partial charge in [0.25, 0.3) is 12.3 Å². The maximum absolute atomic E-state index is 13.1. The third-order valence-electron chi connectivity index (χ3n) is 4.15. The Labute approximate surface area is 185 Å². The Morgan fingerprint density at radius 2 is 2.20 bits per heavy atom. The van der Waals surface area contributed by atoms with Crippen molar-refractivity contribution in [2.24, 2.45) is 0 Å². The number of nitriles is 1. The second kappa shape index (κ2) is 9.55. The number of hydrogen-bond donors (Lipinski definition) is 1. The van der Waals surface area contributed by atoms with Crippen molar-refractivity contribution in [3.05, 3.63) is 57.1 Å². The van der Waals surface area contributed by atoms with Crippen LogP contribution in [0.15, 0.2) is 34.2 Å². The van der Waals surface area contributed by atoms with E-state index >= 15 is 0 Å². The van der Waals surface area contributed by atoms with Gasteiger partial charge in [0.1, 0.15) is 26.9 Å². The SMILES string of the molecule is COc1ccc(C=C2SC(=S)NC2=O)cc1CSc1nc(C(F)F)cc(C)c1C#N. The minimum atomic E-state index is -2.72. The first kappa shape index (κ1) is 22.2. The summed E-state index contributed by atoms with van der Waals surface area (Å²) in [4.78, 5) is 16.3. The third kappa shape index (κ3) is 4.98. The van der Waals surface area contributed by atoms with Crippen molar-refractivity contribution < 1.29 is 18.3 Å². The van der Waals surface area contributed by atoms with Crippen LogP contribution in [-0.4, -0.2) is 22.3 Å². The minimum Gasteiger partial charge on any atom is -0.496 e. The zero-order valence-electron chi connectivity index (χ0n) is 15.9. The normalized spacial score (nSPS) is 14.9. The van der Waals surface area contributed by atoms with Crippen LogP contribution in [0.25, 0.3) is 6.08 Å². The van der Waals surface area contributed by atoms with E-state index in [1.807, 2.05) is 12.1 Å². The number of thioether (sulfide) groups is 2. The van der Waals surface area contributed by atoms with Gasteiger partial charge in [-0.3, -0.25) is 4.79 Å². The van der Waals surface area contributed by atoms with Gasteiger partial charge in [0, 0.05) is 11.3 Å². The van der Waals surface area contributed by atoms with E-state index in [4.69, 9.17) is 17.0 Å². The number of carbonyl (C=O) groups excluding carboxylic acids is 1. The fourth-order valence-corrected chi connectivity index (χ4v) is 4.82. The molecule has 1 aromatic carbocycles. The number of nitrogens with zero attached hydrogens (tertiary/aromatic N) is 2. The lowest BCUT2D eigenvalue weighted by Gasteiger charge is -2.12. The lowest BCUT2D eigenvalue weighted by atomic mass is 10.1. The number of aromatic nitrogens is 1. The zero-order chi connectivity index (χ0) is 21.8. The van der Waals surface area contributed by atoms with Gasteiger partial charge in [-0.05, 0) is 42.3 Å². The van der Waals surface area contributed by atoms with Crippen molar-refractivity contribution >= 4 is 52.0 Å². The maximum atomic E-state index is 13.1. The van der Waals surface area contributed by atoms with Crippen molar-refractivity contribution in [3.8, 4) is 11.8 Å². The van der Waals surface area contributed by atoms with E-state index in [0.29, 0.717) is 26.3 Å². The van der Waals surface area contributed by atoms with E-state index in [1.165, 1.54) is 36.7 Å². The molecule has 1 aliphatic heterocycles. The number of thiocarbonyl (C=S) groups is 1. The fraction of sp³-hybridized carbons (Fsp3) is 0.200. The third-order valence-corrected chi connectivity index (χ3v) is 6.33. The van der Waals surface area contributed by atoms with Gasteiger partial charge in [0.2, 0.25) is 0 Å². The summed E-state index contributed by atoms with van der Waals surface area (Å²) in [6.07, 6.45) is -1.01. The molecule has 0 radical (unpaired) electrons. The van der Waals surface area contributed by atoms with Crippen molar-refractivity contribution in [2.75, 3.05) is 7.11 Å². The number of pyridine rings is 1. The van der Waals surface area contributed by atoms with Gasteiger partial charge < -0.3 is 10.1 Å². The molecular formula is C20H15F2N3O2S3. The van der Waals surface area contributed by atoms with Crippen LogP contribution in [0, 0.1) is 18.3 Å². The Morgan fingerprint density at radius 1 is 1.43 bits per heavy atom. The molecule has 30 heavy (non-hydrogen) atoms. The molecule has 10 heteroatoms. The van der Waals surface area contributed by atoms with E-state index < -0.39 is 6.43 Å². The first-order chi connectivity index (χ1) is 14.3. The standard InChI is InChI=1S/C20H15F2N3O2S3/c1-10-5-14(17(21)22)24-19(13(10)8-23)29-9-12-6-11(3-4-15(12)27-2)7-16-18(26)25-20(28)30-16/h3-7,17H,9H2,1-2H3,(H,25,26,28). The summed E-state index contributed by atoms with van der Waals surface area (Å²) in [5.41, 5.74) is 1.90. The summed E-state index contributed by atoms with van der Waals surface area (Å²) in [5.74, 6) is 0.689. The molecule has 1 fully saturated rings. The fourth-order valence-electron chi connectivity index (χ4n) is 2.74. The lowest BCUT2D eigenvalue weighted by molar-refractivity contribution is -0.115. The van der Waals surface area contributed by atoms with Gasteiger partial charge in [-0.15, -0.1) is 11.8 Å². The van der Waals surface area contributed by atoms with Gasteiger partial charge >= 0.3 is 0 Å². The molecule has 1 aliphatic rings. The van der Waals surface area contributed by atoms with E-state index in [2.05, 4.69) is 10.3 Å². The molecule has 154 valence electrons. The summed E-state index contributed by atoms with van der Waals surface area (Å²) in [7, 11) is 1.53. The quantitative estimate of drug-likeness (QED) is 0.367. The van der Waals surface area contributed by atoms with Gasteiger partial charge in [0.05, 0.1) is 17.6 Å². The number of methoxy groups -OCH3 is 1. The van der Waals surface area contributed by atoms with Gasteiger partial charge in [-0.25, -0.2) is 13.8 Å². The smallest absolute Gasteiger partial charge is 0.280 e. The molecule has 0 atom stereocenters. The Kier molecular flexibility index (Phi) is 7.07. The number of rotatable bonds is 6. The second-order valence-corrected chi connectivity index (χ2v) is 8.85. The number of aryl methyl sites for hydroxylation is 1. The molecule has 3 rings (SSSR count). The van der Waals surface area contributed by atoms with Gasteiger partial charge in [-0.2, -0.15) is 5.26 Å². The van der Waals surface area contributed by atoms with Crippen LogP contribution in [0.4, 0.5) is 8.78 Å². The van der Waals surface area contributed by atoms with Crippen LogP contribution >= 0.6 is 35.7 Å². The number of carbonyl (C=O) groups is 1. The number of ether oxygens (including phenoxy) is 1. The monoisotopic (exact) mass is 463 g/mol. The lowest BCUT2D eigenvalue weighted by Crippen LogP contribution is -2.17. The number of hydrogen-bond acceptors (Lipinski definition) is 7. The summed E-state index contributed by atoms with van der Waals surface area (Å²) >= 11 is 7.36.